The number of anilines is 1. The summed E-state index contributed by atoms with van der Waals surface area (Å²) >= 11 is 0. The molecule has 4 aromatic rings. The molecule has 3 fully saturated rings. The first-order valence-corrected chi connectivity index (χ1v) is 15.5. The maximum Gasteiger partial charge on any atom is 0.319 e. The highest BCUT2D eigenvalue weighted by Crippen LogP contribution is 2.43. The Morgan fingerprint density at radius 3 is 2.87 bits per heavy atom. The minimum atomic E-state index is -0.919. The van der Waals surface area contributed by atoms with Crippen LogP contribution in [-0.2, 0) is 11.2 Å². The molecule has 6 heterocycles. The third-order valence-electron chi connectivity index (χ3n) is 10.0. The van der Waals surface area contributed by atoms with E-state index in [0.29, 0.717) is 61.4 Å². The second-order valence-corrected chi connectivity index (χ2v) is 12.6. The summed E-state index contributed by atoms with van der Waals surface area (Å²) in [4.78, 5) is 18.6. The zero-order valence-corrected chi connectivity index (χ0v) is 24.7. The lowest BCUT2D eigenvalue weighted by Crippen LogP contribution is -2.43. The van der Waals surface area contributed by atoms with Crippen LogP contribution in [0.15, 0.2) is 24.3 Å². The molecule has 2 unspecified atom stereocenters. The zero-order chi connectivity index (χ0) is 30.9. The van der Waals surface area contributed by atoms with E-state index >= 15 is 4.39 Å². The minimum Gasteiger partial charge on any atom is -0.508 e. The molecule has 4 aliphatic rings. The fraction of sp³-hybridized carbons (Fsp3) is 0.441. The Morgan fingerprint density at radius 2 is 2.00 bits per heavy atom. The largest absolute Gasteiger partial charge is 0.508 e. The lowest BCUT2D eigenvalue weighted by atomic mass is 9.95. The first-order valence-electron chi connectivity index (χ1n) is 15.5. The Morgan fingerprint density at radius 1 is 1.11 bits per heavy atom. The number of aromatic nitrogens is 3. The van der Waals surface area contributed by atoms with Crippen molar-refractivity contribution in [3.63, 3.8) is 0 Å². The molecule has 0 bridgehead atoms. The van der Waals surface area contributed by atoms with Crippen molar-refractivity contribution < 1.29 is 27.8 Å². The molecule has 11 heteroatoms. The van der Waals surface area contributed by atoms with Gasteiger partial charge in [0.25, 0.3) is 0 Å². The number of halogens is 3. The van der Waals surface area contributed by atoms with E-state index in [2.05, 4.69) is 20.7 Å². The van der Waals surface area contributed by atoms with Gasteiger partial charge in [-0.3, -0.25) is 4.90 Å². The van der Waals surface area contributed by atoms with Crippen molar-refractivity contribution in [2.24, 2.45) is 0 Å². The van der Waals surface area contributed by atoms with Crippen LogP contribution in [0.5, 0.6) is 11.8 Å². The summed E-state index contributed by atoms with van der Waals surface area (Å²) < 4.78 is 58.4. The van der Waals surface area contributed by atoms with Crippen LogP contribution in [-0.4, -0.2) is 82.2 Å². The molecule has 232 valence electrons. The van der Waals surface area contributed by atoms with Crippen LogP contribution in [0, 0.1) is 24.0 Å². The zero-order valence-electron chi connectivity index (χ0n) is 24.7. The second-order valence-electron chi connectivity index (χ2n) is 12.6. The summed E-state index contributed by atoms with van der Waals surface area (Å²) in [5.74, 6) is 1.41. The van der Waals surface area contributed by atoms with Crippen molar-refractivity contribution >= 4 is 27.5 Å². The maximum absolute atomic E-state index is 17.0. The van der Waals surface area contributed by atoms with Crippen molar-refractivity contribution in [2.45, 2.75) is 56.3 Å². The number of aryl methyl sites for hydroxylation is 1. The lowest BCUT2D eigenvalue weighted by Gasteiger charge is -2.31. The molecule has 45 heavy (non-hydrogen) atoms. The van der Waals surface area contributed by atoms with E-state index in [1.807, 2.05) is 0 Å². The van der Waals surface area contributed by atoms with Crippen LogP contribution in [0.1, 0.15) is 43.4 Å². The van der Waals surface area contributed by atoms with E-state index in [9.17, 15) is 13.9 Å². The first-order chi connectivity index (χ1) is 21.8. The van der Waals surface area contributed by atoms with Crippen molar-refractivity contribution in [1.82, 2.24) is 19.9 Å². The third-order valence-corrected chi connectivity index (χ3v) is 10.0. The number of hydrogen-bond donors (Lipinski definition) is 1. The van der Waals surface area contributed by atoms with E-state index in [1.165, 1.54) is 24.3 Å². The third kappa shape index (κ3) is 4.57. The number of pyridine rings is 1. The van der Waals surface area contributed by atoms with Gasteiger partial charge in [-0.1, -0.05) is 12.0 Å². The highest BCUT2D eigenvalue weighted by molar-refractivity contribution is 6.03. The number of fused-ring (bicyclic) bond motifs is 4. The van der Waals surface area contributed by atoms with Crippen LogP contribution < -0.4 is 9.64 Å². The Bertz CT molecular complexity index is 1900. The van der Waals surface area contributed by atoms with Gasteiger partial charge < -0.3 is 19.5 Å². The standard InChI is InChI=1S/C34H32F3N5O3/c1-2-23-25(36)6-4-19-14-22(43)15-24(27(19)23)30-29(37)31-28-26(38-30)7-5-21-8-12-44-13-11-42(21)32(28)40-33(39-31)45-18-34-9-3-10-41(34)17-20(35)16-34/h1,4,6,14-15,20-21,43H,3,5,7-13,16-18H2/t20-,21?,34?/m1/s1. The molecule has 8 nitrogen and oxygen atoms in total. The van der Waals surface area contributed by atoms with Crippen molar-refractivity contribution in [3.05, 3.63) is 47.2 Å². The lowest BCUT2D eigenvalue weighted by molar-refractivity contribution is 0.107. The van der Waals surface area contributed by atoms with E-state index in [-0.39, 0.29) is 52.1 Å². The number of alkyl halides is 1. The minimum absolute atomic E-state index is 0.00461. The van der Waals surface area contributed by atoms with Crippen LogP contribution in [0.3, 0.4) is 0 Å². The number of ether oxygens (including phenoxy) is 2. The van der Waals surface area contributed by atoms with Gasteiger partial charge in [-0.25, -0.2) is 18.2 Å². The van der Waals surface area contributed by atoms with Gasteiger partial charge in [0.05, 0.1) is 28.8 Å². The number of phenolic OH excluding ortho intramolecular Hbond substituents is 1. The monoisotopic (exact) mass is 615 g/mol. The molecule has 2 aromatic carbocycles. The van der Waals surface area contributed by atoms with E-state index in [0.717, 1.165) is 32.2 Å². The predicted octanol–water partition coefficient (Wildman–Crippen LogP) is 5.31. The van der Waals surface area contributed by atoms with Gasteiger partial charge in [0, 0.05) is 43.1 Å². The molecule has 3 atom stereocenters. The number of aromatic hydroxyl groups is 1. The van der Waals surface area contributed by atoms with Crippen molar-refractivity contribution in [1.29, 1.82) is 0 Å². The Balaban J connectivity index is 1.33. The van der Waals surface area contributed by atoms with Gasteiger partial charge >= 0.3 is 6.01 Å². The fourth-order valence-electron chi connectivity index (χ4n) is 7.94. The molecule has 3 saturated heterocycles. The second kappa shape index (κ2) is 10.7. The van der Waals surface area contributed by atoms with Gasteiger partial charge in [0.2, 0.25) is 0 Å². The molecule has 0 amide bonds. The molecular formula is C34H32F3N5O3. The van der Waals surface area contributed by atoms with Gasteiger partial charge in [-0.05, 0) is 62.2 Å². The summed E-state index contributed by atoms with van der Waals surface area (Å²) in [5, 5.41) is 11.8. The molecule has 0 spiro atoms. The quantitative estimate of drug-likeness (QED) is 0.310. The summed E-state index contributed by atoms with van der Waals surface area (Å²) in [6, 6.07) is 5.62. The molecule has 0 radical (unpaired) electrons. The van der Waals surface area contributed by atoms with Gasteiger partial charge in [0.1, 0.15) is 41.4 Å². The highest BCUT2D eigenvalue weighted by Gasteiger charge is 2.49. The number of benzene rings is 2. The summed E-state index contributed by atoms with van der Waals surface area (Å²) in [7, 11) is 0. The smallest absolute Gasteiger partial charge is 0.319 e. The molecule has 0 saturated carbocycles. The van der Waals surface area contributed by atoms with Crippen LogP contribution >= 0.6 is 0 Å². The average molecular weight is 616 g/mol. The fourth-order valence-corrected chi connectivity index (χ4v) is 7.94. The molecule has 1 N–H and O–H groups in total. The van der Waals surface area contributed by atoms with Gasteiger partial charge in [0.15, 0.2) is 5.82 Å². The maximum atomic E-state index is 17.0. The van der Waals surface area contributed by atoms with Crippen LogP contribution in [0.25, 0.3) is 32.9 Å². The predicted molar refractivity (Wildman–Crippen MR) is 163 cm³/mol. The van der Waals surface area contributed by atoms with E-state index in [1.54, 1.807) is 0 Å². The molecule has 0 aliphatic carbocycles. The van der Waals surface area contributed by atoms with E-state index in [4.69, 9.17) is 25.9 Å². The van der Waals surface area contributed by atoms with Crippen LogP contribution in [0.4, 0.5) is 19.0 Å². The molecular weight excluding hydrogens is 583 g/mol. The summed E-state index contributed by atoms with van der Waals surface area (Å²) in [6.45, 7) is 3.04. The number of phenols is 1. The van der Waals surface area contributed by atoms with Crippen molar-refractivity contribution in [2.75, 3.05) is 44.4 Å². The number of rotatable bonds is 4. The summed E-state index contributed by atoms with van der Waals surface area (Å²) in [5.41, 5.74) is 0.221. The van der Waals surface area contributed by atoms with Crippen molar-refractivity contribution in [3.8, 4) is 35.4 Å². The SMILES string of the molecule is C#Cc1c(F)ccc2cc(O)cc(-c3nc4c5c(nc(OCC67CCCN6C[C@H](F)C7)nc5c3F)N3CCOCCC3CC4)c12. The van der Waals surface area contributed by atoms with Gasteiger partial charge in [-0.15, -0.1) is 6.42 Å². The average Bonchev–Trinajstić information content (AvgIpc) is 3.38. The van der Waals surface area contributed by atoms with Crippen LogP contribution in [0.2, 0.25) is 0 Å². The number of terminal acetylenes is 1. The normalized spacial score (nSPS) is 24.7. The number of hydrogen-bond acceptors (Lipinski definition) is 8. The molecule has 2 aromatic heterocycles. The van der Waals surface area contributed by atoms with Gasteiger partial charge in [-0.2, -0.15) is 9.97 Å². The topological polar surface area (TPSA) is 83.8 Å². The Kier molecular flexibility index (Phi) is 6.76. The first kappa shape index (κ1) is 28.3. The molecule has 4 aliphatic heterocycles. The van der Waals surface area contributed by atoms with E-state index < -0.39 is 23.3 Å². The Labute approximate surface area is 258 Å². The Hall–Kier alpha value is -4.14. The highest BCUT2D eigenvalue weighted by atomic mass is 19.1. The molecule has 8 rings (SSSR count). The number of nitrogens with zero attached hydrogens (tertiary/aromatic N) is 5. The summed E-state index contributed by atoms with van der Waals surface area (Å²) in [6.07, 6.45) is 8.96.